The van der Waals surface area contributed by atoms with Crippen LogP contribution in [0.4, 0.5) is 0 Å². The Kier molecular flexibility index (Phi) is 1080. The summed E-state index contributed by atoms with van der Waals surface area (Å²) >= 11 is 0. The Labute approximate surface area is 77.9 Å². The van der Waals surface area contributed by atoms with Crippen LogP contribution in [0, 0.1) is 0 Å². The average molecular weight is 260 g/mol. The van der Waals surface area contributed by atoms with Crippen molar-refractivity contribution in [3.8, 4) is 0 Å². The summed E-state index contributed by atoms with van der Waals surface area (Å²) in [7, 11) is 0. The van der Waals surface area contributed by atoms with E-state index in [1.54, 1.807) is 0 Å². The van der Waals surface area contributed by atoms with Gasteiger partial charge in [0.1, 0.15) is 0 Å². The molecule has 2 radical (unpaired) electrons. The predicted molar refractivity (Wildman–Crippen MR) is 1.37 cm³/mol. The minimum Gasteiger partial charge on any atom is -2.00 e. The van der Waals surface area contributed by atoms with Crippen molar-refractivity contribution in [2.45, 2.75) is 0 Å². The van der Waals surface area contributed by atoms with Crippen molar-refractivity contribution in [2.24, 2.45) is 0 Å². The molecule has 0 amide bonds. The minimum absolute atomic E-state index is 0. The van der Waals surface area contributed by atoms with Gasteiger partial charge in [-0.1, -0.05) is 0 Å². The molecule has 0 saturated carbocycles. The molecule has 0 atom stereocenters. The Morgan fingerprint density at radius 2 is 0.833 bits per heavy atom. The zero-order valence-electron chi connectivity index (χ0n) is 2.20. The molecular weight excluding hydrogens is 260 g/mol. The van der Waals surface area contributed by atoms with Crippen molar-refractivity contribution in [3.05, 3.63) is 0 Å². The van der Waals surface area contributed by atoms with Crippen LogP contribution in [0.3, 0.4) is 0 Å². The van der Waals surface area contributed by atoms with Gasteiger partial charge in [-0.05, 0) is 0 Å². The largest absolute Gasteiger partial charge is 2.00 e. The summed E-state index contributed by atoms with van der Waals surface area (Å²) in [5.74, 6) is 0. The van der Waals surface area contributed by atoms with Crippen molar-refractivity contribution in [1.82, 2.24) is 0 Å². The number of hydrogen-bond donors (Lipinski definition) is 0. The van der Waals surface area contributed by atoms with Gasteiger partial charge in [0.15, 0.2) is 0 Å². The van der Waals surface area contributed by atoms with Crippen molar-refractivity contribution in [2.75, 3.05) is 0 Å². The van der Waals surface area contributed by atoms with Gasteiger partial charge in [-0.15, -0.1) is 0 Å². The van der Waals surface area contributed by atoms with Crippen LogP contribution >= 0.6 is 0 Å². The zero-order valence-corrected chi connectivity index (χ0v) is 6.51. The molecule has 0 N–H and O–H groups in total. The molecule has 0 spiro atoms. The van der Waals surface area contributed by atoms with E-state index in [4.69, 9.17) is 0 Å². The first-order valence-electron chi connectivity index (χ1n) is 0. The normalized spacial score (nSPS) is 0. The SMILES string of the molecule is [Co+2].[Fe+2].[Mn+2].[Ni+2].[O-2].[O-2]. The minimum atomic E-state index is 0. The Balaban J connectivity index is 0. The smallest absolute Gasteiger partial charge is 2.00 e. The zero-order chi connectivity index (χ0) is 0. The third kappa shape index (κ3) is 38.2. The van der Waals surface area contributed by atoms with Crippen LogP contribution in [-0.2, 0) is 78.4 Å². The Morgan fingerprint density at radius 1 is 0.833 bits per heavy atom. The van der Waals surface area contributed by atoms with E-state index in [1.807, 2.05) is 0 Å². The Morgan fingerprint density at radius 3 is 0.833 bits per heavy atom. The summed E-state index contributed by atoms with van der Waals surface area (Å²) in [6, 6.07) is 0. The number of hydrogen-bond acceptors (Lipinski definition) is 0. The molecular formula is CoFeMnNiO2+4. The predicted octanol–water partition coefficient (Wildman–Crippen LogP) is -0.248. The summed E-state index contributed by atoms with van der Waals surface area (Å²) < 4.78 is 0. The van der Waals surface area contributed by atoms with Crippen LogP contribution in [0.25, 0.3) is 0 Å². The van der Waals surface area contributed by atoms with Crippen molar-refractivity contribution < 1.29 is 78.4 Å². The van der Waals surface area contributed by atoms with Gasteiger partial charge in [-0.3, -0.25) is 0 Å². The fourth-order valence-corrected chi connectivity index (χ4v) is 0. The second-order valence-electron chi connectivity index (χ2n) is 0. The molecule has 0 heterocycles. The fourth-order valence-electron chi connectivity index (χ4n) is 0. The molecule has 0 aliphatic carbocycles. The molecule has 0 aromatic heterocycles. The quantitative estimate of drug-likeness (QED) is 0.540. The van der Waals surface area contributed by atoms with Crippen LogP contribution in [0.5, 0.6) is 0 Å². The standard InChI is InChI=1S/Co.Fe.Mn.Ni.2O/q4*+2;2*-2. The van der Waals surface area contributed by atoms with Crippen LogP contribution in [0.1, 0.15) is 0 Å². The van der Waals surface area contributed by atoms with E-state index in [0.717, 1.165) is 0 Å². The average Bonchev–Trinajstić information content (AvgIpc) is 0. The van der Waals surface area contributed by atoms with Gasteiger partial charge in [0.05, 0.1) is 0 Å². The first-order chi connectivity index (χ1) is 0. The molecule has 0 saturated heterocycles. The maximum Gasteiger partial charge on any atom is 2.00 e. The maximum absolute atomic E-state index is 0. The van der Waals surface area contributed by atoms with Crippen LogP contribution in [0.15, 0.2) is 0 Å². The second-order valence-corrected chi connectivity index (χ2v) is 0. The molecule has 0 bridgehead atoms. The van der Waals surface area contributed by atoms with E-state index in [2.05, 4.69) is 0 Å². The van der Waals surface area contributed by atoms with Gasteiger partial charge in [0.2, 0.25) is 0 Å². The van der Waals surface area contributed by atoms with Crippen molar-refractivity contribution >= 4 is 0 Å². The molecule has 42 valence electrons. The Hall–Kier alpha value is 1.96. The summed E-state index contributed by atoms with van der Waals surface area (Å²) in [6.45, 7) is 0. The van der Waals surface area contributed by atoms with Crippen LogP contribution < -0.4 is 0 Å². The summed E-state index contributed by atoms with van der Waals surface area (Å²) in [4.78, 5) is 0. The summed E-state index contributed by atoms with van der Waals surface area (Å²) in [5, 5.41) is 0. The monoisotopic (exact) mass is 260 g/mol. The van der Waals surface area contributed by atoms with Gasteiger partial charge in [0, 0.05) is 0 Å². The molecule has 0 rings (SSSR count). The molecule has 0 unspecified atom stereocenters. The summed E-state index contributed by atoms with van der Waals surface area (Å²) in [5.41, 5.74) is 0. The second kappa shape index (κ2) is 64.4. The van der Waals surface area contributed by atoms with Gasteiger partial charge in [0.25, 0.3) is 0 Å². The van der Waals surface area contributed by atoms with Gasteiger partial charge in [-0.25, -0.2) is 0 Å². The van der Waals surface area contributed by atoms with E-state index in [0.29, 0.717) is 0 Å². The van der Waals surface area contributed by atoms with Gasteiger partial charge < -0.3 is 11.0 Å². The Bertz CT molecular complexity index is 13.5. The third-order valence-corrected chi connectivity index (χ3v) is 0. The van der Waals surface area contributed by atoms with E-state index >= 15 is 0 Å². The fraction of sp³-hybridized carbons (Fsp3) is 0. The van der Waals surface area contributed by atoms with Gasteiger partial charge in [-0.2, -0.15) is 0 Å². The molecule has 2 nitrogen and oxygen atoms in total. The molecule has 0 aliphatic heterocycles. The van der Waals surface area contributed by atoms with E-state index in [9.17, 15) is 0 Å². The van der Waals surface area contributed by atoms with Crippen LogP contribution in [0.2, 0.25) is 0 Å². The third-order valence-electron chi connectivity index (χ3n) is 0. The van der Waals surface area contributed by atoms with Gasteiger partial charge >= 0.3 is 67.4 Å². The topological polar surface area (TPSA) is 57.0 Å². The maximum atomic E-state index is 0. The number of rotatable bonds is 0. The molecule has 0 aromatic rings. The van der Waals surface area contributed by atoms with Crippen LogP contribution in [-0.4, -0.2) is 0 Å². The van der Waals surface area contributed by atoms with Crippen molar-refractivity contribution in [3.63, 3.8) is 0 Å². The van der Waals surface area contributed by atoms with Crippen molar-refractivity contribution in [1.29, 1.82) is 0 Å². The van der Waals surface area contributed by atoms with E-state index in [-0.39, 0.29) is 78.4 Å². The molecule has 0 aliphatic rings. The first kappa shape index (κ1) is 100. The van der Waals surface area contributed by atoms with E-state index in [1.165, 1.54) is 0 Å². The molecule has 6 heavy (non-hydrogen) atoms. The van der Waals surface area contributed by atoms with E-state index < -0.39 is 0 Å². The molecule has 6 heteroatoms. The summed E-state index contributed by atoms with van der Waals surface area (Å²) in [6.07, 6.45) is 0. The molecule has 0 fully saturated rings. The molecule has 0 aromatic carbocycles. The first-order valence-corrected chi connectivity index (χ1v) is 0.